The molecule has 0 aromatic carbocycles. The number of nitrogens with one attached hydrogen (secondary N) is 1. The summed E-state index contributed by atoms with van der Waals surface area (Å²) >= 11 is 0. The maximum atomic E-state index is 12.3. The molecule has 1 aliphatic heterocycles. The van der Waals surface area contributed by atoms with Gasteiger partial charge in [-0.15, -0.1) is 0 Å². The minimum atomic E-state index is 0.319. The van der Waals surface area contributed by atoms with Crippen molar-refractivity contribution in [2.45, 2.75) is 59.8 Å². The molecule has 1 fully saturated rings. The standard InChI is InChI=1S/C17H34N2O/c1-14(13-17(2,3)4)12-16(20)19-10-7-15(8-11-19)6-9-18-5/h14-15,18H,6-13H2,1-5H3. The van der Waals surface area contributed by atoms with Gasteiger partial charge in [0.05, 0.1) is 0 Å². The predicted octanol–water partition coefficient (Wildman–Crippen LogP) is 3.30. The van der Waals surface area contributed by atoms with E-state index in [2.05, 4.69) is 37.9 Å². The highest BCUT2D eigenvalue weighted by Gasteiger charge is 2.24. The van der Waals surface area contributed by atoms with Crippen molar-refractivity contribution in [1.82, 2.24) is 10.2 Å². The van der Waals surface area contributed by atoms with E-state index in [0.29, 0.717) is 17.2 Å². The third-order valence-electron chi connectivity index (χ3n) is 4.25. The highest BCUT2D eigenvalue weighted by atomic mass is 16.2. The van der Waals surface area contributed by atoms with Crippen LogP contribution >= 0.6 is 0 Å². The summed E-state index contributed by atoms with van der Waals surface area (Å²) in [7, 11) is 2.01. The van der Waals surface area contributed by atoms with Crippen LogP contribution in [0, 0.1) is 17.3 Å². The molecule has 1 unspecified atom stereocenters. The van der Waals surface area contributed by atoms with Gasteiger partial charge in [-0.1, -0.05) is 27.7 Å². The summed E-state index contributed by atoms with van der Waals surface area (Å²) in [5, 5.41) is 3.22. The van der Waals surface area contributed by atoms with E-state index in [9.17, 15) is 4.79 Å². The van der Waals surface area contributed by atoms with Crippen LogP contribution in [0.1, 0.15) is 59.8 Å². The Morgan fingerprint density at radius 3 is 2.40 bits per heavy atom. The van der Waals surface area contributed by atoms with Gasteiger partial charge in [0.15, 0.2) is 0 Å². The van der Waals surface area contributed by atoms with Gasteiger partial charge < -0.3 is 10.2 Å². The fourth-order valence-corrected chi connectivity index (χ4v) is 3.36. The van der Waals surface area contributed by atoms with Crippen molar-refractivity contribution in [2.75, 3.05) is 26.7 Å². The van der Waals surface area contributed by atoms with E-state index in [0.717, 1.165) is 38.4 Å². The molecule has 20 heavy (non-hydrogen) atoms. The van der Waals surface area contributed by atoms with Gasteiger partial charge in [-0.05, 0) is 56.5 Å². The molecule has 0 radical (unpaired) electrons. The Kier molecular flexibility index (Phi) is 7.01. The average Bonchev–Trinajstić information content (AvgIpc) is 2.34. The molecular formula is C17H34N2O. The highest BCUT2D eigenvalue weighted by Crippen LogP contribution is 2.27. The van der Waals surface area contributed by atoms with E-state index >= 15 is 0 Å². The number of nitrogens with zero attached hydrogens (tertiary/aromatic N) is 1. The van der Waals surface area contributed by atoms with E-state index in [1.807, 2.05) is 7.05 Å². The Labute approximate surface area is 125 Å². The van der Waals surface area contributed by atoms with E-state index < -0.39 is 0 Å². The second-order valence-corrected chi connectivity index (χ2v) is 7.79. The van der Waals surface area contributed by atoms with Gasteiger partial charge in [0.2, 0.25) is 5.91 Å². The smallest absolute Gasteiger partial charge is 0.222 e. The monoisotopic (exact) mass is 282 g/mol. The Morgan fingerprint density at radius 1 is 1.30 bits per heavy atom. The number of piperidine rings is 1. The Balaban J connectivity index is 2.28. The Morgan fingerprint density at radius 2 is 1.90 bits per heavy atom. The fraction of sp³-hybridized carbons (Fsp3) is 0.941. The first-order valence-electron chi connectivity index (χ1n) is 8.24. The SMILES string of the molecule is CNCCC1CCN(C(=O)CC(C)CC(C)(C)C)CC1. The van der Waals surface area contributed by atoms with Crippen LogP contribution in [0.4, 0.5) is 0 Å². The summed E-state index contributed by atoms with van der Waals surface area (Å²) in [6.07, 6.45) is 5.46. The van der Waals surface area contributed by atoms with Crippen LogP contribution in [0.25, 0.3) is 0 Å². The van der Waals surface area contributed by atoms with Gasteiger partial charge in [0, 0.05) is 19.5 Å². The van der Waals surface area contributed by atoms with Gasteiger partial charge in [0.1, 0.15) is 0 Å². The molecule has 118 valence electrons. The zero-order valence-corrected chi connectivity index (χ0v) is 14.2. The van der Waals surface area contributed by atoms with E-state index in [4.69, 9.17) is 0 Å². The first-order valence-corrected chi connectivity index (χ1v) is 8.24. The molecule has 0 saturated carbocycles. The third kappa shape index (κ3) is 6.74. The van der Waals surface area contributed by atoms with Crippen LogP contribution in [-0.2, 0) is 4.79 Å². The summed E-state index contributed by atoms with van der Waals surface area (Å²) in [4.78, 5) is 14.4. The molecule has 1 heterocycles. The highest BCUT2D eigenvalue weighted by molar-refractivity contribution is 5.76. The van der Waals surface area contributed by atoms with E-state index in [1.54, 1.807) is 0 Å². The Hall–Kier alpha value is -0.570. The van der Waals surface area contributed by atoms with Crippen molar-refractivity contribution in [3.05, 3.63) is 0 Å². The number of likely N-dealkylation sites (tertiary alicyclic amines) is 1. The van der Waals surface area contributed by atoms with Crippen molar-refractivity contribution in [2.24, 2.45) is 17.3 Å². The van der Waals surface area contributed by atoms with Crippen molar-refractivity contribution in [1.29, 1.82) is 0 Å². The van der Waals surface area contributed by atoms with Crippen LogP contribution < -0.4 is 5.32 Å². The summed E-state index contributed by atoms with van der Waals surface area (Å²) in [6, 6.07) is 0. The van der Waals surface area contributed by atoms with Crippen LogP contribution in [0.2, 0.25) is 0 Å². The molecule has 1 N–H and O–H groups in total. The lowest BCUT2D eigenvalue weighted by atomic mass is 9.84. The van der Waals surface area contributed by atoms with Crippen molar-refractivity contribution in [3.63, 3.8) is 0 Å². The van der Waals surface area contributed by atoms with E-state index in [-0.39, 0.29) is 0 Å². The van der Waals surface area contributed by atoms with Crippen LogP contribution in [0.5, 0.6) is 0 Å². The molecule has 0 aromatic heterocycles. The number of carbonyl (C=O) groups excluding carboxylic acids is 1. The molecular weight excluding hydrogens is 248 g/mol. The summed E-state index contributed by atoms with van der Waals surface area (Å²) < 4.78 is 0. The molecule has 0 aromatic rings. The van der Waals surface area contributed by atoms with Gasteiger partial charge in [-0.25, -0.2) is 0 Å². The molecule has 1 rings (SSSR count). The minimum Gasteiger partial charge on any atom is -0.343 e. The van der Waals surface area contributed by atoms with Gasteiger partial charge >= 0.3 is 0 Å². The normalized spacial score (nSPS) is 19.1. The lowest BCUT2D eigenvalue weighted by molar-refractivity contribution is -0.133. The molecule has 0 spiro atoms. The van der Waals surface area contributed by atoms with Gasteiger partial charge in [-0.2, -0.15) is 0 Å². The number of rotatable bonds is 6. The second-order valence-electron chi connectivity index (χ2n) is 7.79. The largest absolute Gasteiger partial charge is 0.343 e. The number of carbonyl (C=O) groups is 1. The fourth-order valence-electron chi connectivity index (χ4n) is 3.36. The topological polar surface area (TPSA) is 32.3 Å². The summed E-state index contributed by atoms with van der Waals surface area (Å²) in [5.41, 5.74) is 0.319. The summed E-state index contributed by atoms with van der Waals surface area (Å²) in [6.45, 7) is 12.0. The second kappa shape index (κ2) is 8.02. The third-order valence-corrected chi connectivity index (χ3v) is 4.25. The van der Waals surface area contributed by atoms with Crippen molar-refractivity contribution in [3.8, 4) is 0 Å². The van der Waals surface area contributed by atoms with Crippen molar-refractivity contribution < 1.29 is 4.79 Å². The maximum absolute atomic E-state index is 12.3. The molecule has 1 atom stereocenters. The van der Waals surface area contributed by atoms with E-state index in [1.165, 1.54) is 19.3 Å². The number of hydrogen-bond acceptors (Lipinski definition) is 2. The van der Waals surface area contributed by atoms with Crippen LogP contribution in [0.15, 0.2) is 0 Å². The van der Waals surface area contributed by atoms with Crippen LogP contribution in [0.3, 0.4) is 0 Å². The number of amides is 1. The predicted molar refractivity (Wildman–Crippen MR) is 85.7 cm³/mol. The minimum absolute atomic E-state index is 0.319. The zero-order chi connectivity index (χ0) is 15.2. The quantitative estimate of drug-likeness (QED) is 0.810. The van der Waals surface area contributed by atoms with Crippen LogP contribution in [-0.4, -0.2) is 37.5 Å². The molecule has 1 amide bonds. The first kappa shape index (κ1) is 17.5. The first-order chi connectivity index (χ1) is 9.31. The molecule has 0 bridgehead atoms. The lowest BCUT2D eigenvalue weighted by Crippen LogP contribution is -2.39. The lowest BCUT2D eigenvalue weighted by Gasteiger charge is -2.33. The van der Waals surface area contributed by atoms with Gasteiger partial charge in [-0.3, -0.25) is 4.79 Å². The summed E-state index contributed by atoms with van der Waals surface area (Å²) in [5.74, 6) is 1.66. The number of hydrogen-bond donors (Lipinski definition) is 1. The van der Waals surface area contributed by atoms with Crippen molar-refractivity contribution >= 4 is 5.91 Å². The molecule has 1 saturated heterocycles. The Bertz CT molecular complexity index is 288. The molecule has 1 aliphatic rings. The maximum Gasteiger partial charge on any atom is 0.222 e. The molecule has 3 heteroatoms. The zero-order valence-electron chi connectivity index (χ0n) is 14.2. The molecule has 0 aliphatic carbocycles. The average molecular weight is 282 g/mol. The molecule has 3 nitrogen and oxygen atoms in total. The van der Waals surface area contributed by atoms with Gasteiger partial charge in [0.25, 0.3) is 0 Å².